The fraction of sp³-hybridized carbons (Fsp3) is 0.250. The van der Waals surface area contributed by atoms with Crippen molar-refractivity contribution in [2.75, 3.05) is 13.2 Å². The Morgan fingerprint density at radius 3 is 2.71 bits per heavy atom. The number of rotatable bonds is 7. The van der Waals surface area contributed by atoms with E-state index in [1.807, 2.05) is 0 Å². The second-order valence-electron chi connectivity index (χ2n) is 6.07. The van der Waals surface area contributed by atoms with Crippen molar-refractivity contribution in [3.05, 3.63) is 69.7 Å². The molecule has 146 valence electrons. The number of esters is 1. The molecular formula is C20H19ClN2O5. The number of ether oxygens (including phenoxy) is 2. The fourth-order valence-corrected chi connectivity index (χ4v) is 2.81. The highest BCUT2D eigenvalue weighted by Gasteiger charge is 2.11. The predicted octanol–water partition coefficient (Wildman–Crippen LogP) is 2.67. The lowest BCUT2D eigenvalue weighted by atomic mass is 10.2. The van der Waals surface area contributed by atoms with Gasteiger partial charge in [0.05, 0.1) is 35.9 Å². The molecule has 1 atom stereocenters. The predicted molar refractivity (Wildman–Crippen MR) is 105 cm³/mol. The van der Waals surface area contributed by atoms with E-state index in [0.29, 0.717) is 33.8 Å². The largest absolute Gasteiger partial charge is 0.491 e. The van der Waals surface area contributed by atoms with Crippen LogP contribution in [0.3, 0.4) is 0 Å². The van der Waals surface area contributed by atoms with Gasteiger partial charge in [-0.2, -0.15) is 0 Å². The molecule has 0 spiro atoms. The molecule has 0 amide bonds. The molecule has 3 rings (SSSR count). The number of fused-ring (bicyclic) bond motifs is 1. The number of halogens is 1. The molecular weight excluding hydrogens is 384 g/mol. The summed E-state index contributed by atoms with van der Waals surface area (Å²) in [4.78, 5) is 28.3. The quantitative estimate of drug-likeness (QED) is 0.611. The molecule has 0 aliphatic rings. The van der Waals surface area contributed by atoms with E-state index in [2.05, 4.69) is 4.98 Å². The van der Waals surface area contributed by atoms with Crippen LogP contribution in [0, 0.1) is 0 Å². The van der Waals surface area contributed by atoms with E-state index < -0.39 is 12.1 Å². The van der Waals surface area contributed by atoms with Crippen molar-refractivity contribution in [1.82, 2.24) is 9.55 Å². The minimum Gasteiger partial charge on any atom is -0.491 e. The summed E-state index contributed by atoms with van der Waals surface area (Å²) in [6.07, 6.45) is 0.455. The Bertz CT molecular complexity index is 1030. The van der Waals surface area contributed by atoms with Crippen LogP contribution in [0.15, 0.2) is 53.6 Å². The molecule has 0 saturated heterocycles. The van der Waals surface area contributed by atoms with Crippen molar-refractivity contribution in [2.24, 2.45) is 0 Å². The molecule has 0 saturated carbocycles. The van der Waals surface area contributed by atoms with Crippen LogP contribution in [0.5, 0.6) is 5.75 Å². The van der Waals surface area contributed by atoms with Gasteiger partial charge in [0, 0.05) is 5.02 Å². The number of nitrogens with zero attached hydrogens (tertiary/aromatic N) is 2. The molecule has 0 aliphatic carbocycles. The summed E-state index contributed by atoms with van der Waals surface area (Å²) in [6.45, 7) is 2.04. The summed E-state index contributed by atoms with van der Waals surface area (Å²) >= 11 is 5.94. The van der Waals surface area contributed by atoms with Crippen LogP contribution in [0.2, 0.25) is 5.02 Å². The average Bonchev–Trinajstić information content (AvgIpc) is 2.69. The summed E-state index contributed by atoms with van der Waals surface area (Å²) in [5.74, 6) is 0.0835. The molecule has 1 heterocycles. The molecule has 0 fully saturated rings. The molecule has 2 aromatic carbocycles. The number of carbonyl (C=O) groups excluding carboxylic acids is 1. The maximum Gasteiger partial charge on any atom is 0.338 e. The van der Waals surface area contributed by atoms with Gasteiger partial charge >= 0.3 is 5.97 Å². The summed E-state index contributed by atoms with van der Waals surface area (Å²) in [7, 11) is 0. The highest BCUT2D eigenvalue weighted by Crippen LogP contribution is 2.15. The second-order valence-corrected chi connectivity index (χ2v) is 6.51. The van der Waals surface area contributed by atoms with Gasteiger partial charge in [-0.25, -0.2) is 9.78 Å². The van der Waals surface area contributed by atoms with Gasteiger partial charge in [0.2, 0.25) is 0 Å². The van der Waals surface area contributed by atoms with Crippen LogP contribution in [-0.2, 0) is 11.3 Å². The van der Waals surface area contributed by atoms with Gasteiger partial charge in [-0.1, -0.05) is 11.6 Å². The lowest BCUT2D eigenvalue weighted by Crippen LogP contribution is -2.30. The molecule has 8 heteroatoms. The van der Waals surface area contributed by atoms with Gasteiger partial charge < -0.3 is 14.6 Å². The number of benzene rings is 2. The number of aliphatic hydroxyl groups excluding tert-OH is 1. The maximum atomic E-state index is 12.5. The van der Waals surface area contributed by atoms with E-state index in [1.54, 1.807) is 49.4 Å². The van der Waals surface area contributed by atoms with E-state index in [4.69, 9.17) is 21.1 Å². The third-order valence-corrected chi connectivity index (χ3v) is 4.24. The van der Waals surface area contributed by atoms with E-state index in [1.165, 1.54) is 10.9 Å². The van der Waals surface area contributed by atoms with E-state index in [-0.39, 0.29) is 18.7 Å². The first kappa shape index (κ1) is 19.9. The van der Waals surface area contributed by atoms with Crippen LogP contribution in [0.4, 0.5) is 0 Å². The van der Waals surface area contributed by atoms with Crippen molar-refractivity contribution in [3.63, 3.8) is 0 Å². The number of hydrogen-bond donors (Lipinski definition) is 1. The van der Waals surface area contributed by atoms with Crippen molar-refractivity contribution < 1.29 is 19.4 Å². The Morgan fingerprint density at radius 1 is 1.25 bits per heavy atom. The Hall–Kier alpha value is -2.90. The third-order valence-electron chi connectivity index (χ3n) is 4.00. The number of aliphatic hydroxyl groups is 1. The zero-order chi connectivity index (χ0) is 20.1. The number of carbonyl (C=O) groups is 1. The lowest BCUT2D eigenvalue weighted by molar-refractivity contribution is 0.0526. The van der Waals surface area contributed by atoms with Crippen molar-refractivity contribution in [1.29, 1.82) is 0 Å². The molecule has 0 unspecified atom stereocenters. The summed E-state index contributed by atoms with van der Waals surface area (Å²) in [5, 5.41) is 11.0. The van der Waals surface area contributed by atoms with Crippen LogP contribution in [-0.4, -0.2) is 39.9 Å². The molecule has 1 N–H and O–H groups in total. The highest BCUT2D eigenvalue weighted by molar-refractivity contribution is 6.31. The van der Waals surface area contributed by atoms with Gasteiger partial charge in [-0.05, 0) is 49.4 Å². The molecule has 3 aromatic rings. The van der Waals surface area contributed by atoms with E-state index in [0.717, 1.165) is 0 Å². The summed E-state index contributed by atoms with van der Waals surface area (Å²) in [5.41, 5.74) is 0.672. The van der Waals surface area contributed by atoms with E-state index in [9.17, 15) is 14.7 Å². The molecule has 28 heavy (non-hydrogen) atoms. The molecule has 0 bridgehead atoms. The number of hydrogen-bond acceptors (Lipinski definition) is 6. The van der Waals surface area contributed by atoms with Gasteiger partial charge in [0.25, 0.3) is 5.56 Å². The standard InChI is InChI=1S/C20H19ClN2O5/c1-2-27-20(26)13-3-6-16(7-4-13)28-11-15(24)10-23-12-22-18-8-5-14(21)9-17(18)19(23)25/h3-9,12,15,24H,2,10-11H2,1H3/t15-/m0/s1. The molecule has 0 radical (unpaired) electrons. The molecule has 0 aliphatic heterocycles. The first-order valence-electron chi connectivity index (χ1n) is 8.70. The Kier molecular flexibility index (Phi) is 6.28. The fourth-order valence-electron chi connectivity index (χ4n) is 2.64. The second kappa shape index (κ2) is 8.86. The third kappa shape index (κ3) is 4.68. The number of aromatic nitrogens is 2. The normalized spacial score (nSPS) is 12.0. The van der Waals surface area contributed by atoms with Gasteiger partial charge in [-0.3, -0.25) is 9.36 Å². The zero-order valence-electron chi connectivity index (χ0n) is 15.2. The lowest BCUT2D eigenvalue weighted by Gasteiger charge is -2.14. The van der Waals surface area contributed by atoms with Gasteiger partial charge in [0.15, 0.2) is 0 Å². The smallest absolute Gasteiger partial charge is 0.338 e. The minimum absolute atomic E-state index is 0.0230. The van der Waals surface area contributed by atoms with Gasteiger partial charge in [0.1, 0.15) is 18.5 Å². The van der Waals surface area contributed by atoms with Crippen molar-refractivity contribution >= 4 is 28.5 Å². The molecule has 7 nitrogen and oxygen atoms in total. The van der Waals surface area contributed by atoms with Crippen LogP contribution in [0.25, 0.3) is 10.9 Å². The highest BCUT2D eigenvalue weighted by atomic mass is 35.5. The Morgan fingerprint density at radius 2 is 2.00 bits per heavy atom. The van der Waals surface area contributed by atoms with Gasteiger partial charge in [-0.15, -0.1) is 0 Å². The topological polar surface area (TPSA) is 90.7 Å². The van der Waals surface area contributed by atoms with Crippen molar-refractivity contribution in [2.45, 2.75) is 19.6 Å². The average molecular weight is 403 g/mol. The SMILES string of the molecule is CCOC(=O)c1ccc(OC[C@@H](O)Cn2cnc3ccc(Cl)cc3c2=O)cc1. The van der Waals surface area contributed by atoms with E-state index >= 15 is 0 Å². The van der Waals surface area contributed by atoms with Crippen LogP contribution in [0.1, 0.15) is 17.3 Å². The maximum absolute atomic E-state index is 12.5. The minimum atomic E-state index is -0.930. The summed E-state index contributed by atoms with van der Waals surface area (Å²) < 4.78 is 11.8. The molecule has 1 aromatic heterocycles. The first-order chi connectivity index (χ1) is 13.5. The van der Waals surface area contributed by atoms with Crippen LogP contribution < -0.4 is 10.3 Å². The van der Waals surface area contributed by atoms with Crippen LogP contribution >= 0.6 is 11.6 Å². The summed E-state index contributed by atoms with van der Waals surface area (Å²) in [6, 6.07) is 11.3. The first-order valence-corrected chi connectivity index (χ1v) is 9.08. The van der Waals surface area contributed by atoms with Crippen molar-refractivity contribution in [3.8, 4) is 5.75 Å². The Balaban J connectivity index is 1.62. The zero-order valence-corrected chi connectivity index (χ0v) is 15.9. The Labute approximate surface area is 166 Å². The monoisotopic (exact) mass is 402 g/mol.